The Hall–Kier alpha value is -1.56. The van der Waals surface area contributed by atoms with Crippen molar-refractivity contribution in [3.8, 4) is 0 Å². The summed E-state index contributed by atoms with van der Waals surface area (Å²) in [5, 5.41) is 10.0. The van der Waals surface area contributed by atoms with Gasteiger partial charge in [0.1, 0.15) is 5.82 Å². The normalized spacial score (nSPS) is 17.1. The summed E-state index contributed by atoms with van der Waals surface area (Å²) in [5.41, 5.74) is 0.895. The smallest absolute Gasteiger partial charge is 0.320 e. The Balaban J connectivity index is 1.80. The highest BCUT2D eigenvalue weighted by Gasteiger charge is 2.20. The molecular weight excluding hydrogens is 254 g/mol. The van der Waals surface area contributed by atoms with Crippen molar-refractivity contribution in [3.05, 3.63) is 11.8 Å². The minimum absolute atomic E-state index is 0.161. The van der Waals surface area contributed by atoms with Gasteiger partial charge in [-0.1, -0.05) is 6.92 Å². The van der Waals surface area contributed by atoms with E-state index in [0.717, 1.165) is 25.2 Å². The Morgan fingerprint density at radius 3 is 2.70 bits per heavy atom. The van der Waals surface area contributed by atoms with Crippen LogP contribution >= 0.6 is 0 Å². The number of hydrogen-bond donors (Lipinski definition) is 2. The van der Waals surface area contributed by atoms with Crippen molar-refractivity contribution < 1.29 is 4.79 Å². The van der Waals surface area contributed by atoms with E-state index in [-0.39, 0.29) is 6.03 Å². The molecule has 2 heterocycles. The molecule has 2 rings (SSSR count). The first-order valence-electron chi connectivity index (χ1n) is 7.39. The maximum Gasteiger partial charge on any atom is 0.320 e. The van der Waals surface area contributed by atoms with Gasteiger partial charge in [-0.05, 0) is 39.3 Å². The first kappa shape index (κ1) is 14.8. The summed E-state index contributed by atoms with van der Waals surface area (Å²) in [4.78, 5) is 14.4. The molecule has 0 aromatic carbocycles. The molecule has 0 aliphatic carbocycles. The van der Waals surface area contributed by atoms with Crippen molar-refractivity contribution in [2.45, 2.75) is 39.2 Å². The molecule has 1 aromatic heterocycles. The van der Waals surface area contributed by atoms with Crippen molar-refractivity contribution in [1.29, 1.82) is 0 Å². The zero-order valence-corrected chi connectivity index (χ0v) is 12.6. The van der Waals surface area contributed by atoms with Crippen LogP contribution in [0.4, 0.5) is 10.6 Å². The third-order valence-corrected chi connectivity index (χ3v) is 3.87. The standard InChI is InChI=1S/C14H25N5O/c1-4-12(19-7-5-6-8-19)10-15-14(20)16-13-9-11(2)17-18(13)3/h9,12H,4-8,10H2,1-3H3,(H2,15,16,20)/t12-/m0/s1. The first-order chi connectivity index (χ1) is 9.60. The molecule has 0 bridgehead atoms. The van der Waals surface area contributed by atoms with Crippen LogP contribution in [-0.4, -0.2) is 46.4 Å². The van der Waals surface area contributed by atoms with E-state index in [0.29, 0.717) is 18.4 Å². The molecule has 1 aliphatic heterocycles. The zero-order chi connectivity index (χ0) is 14.5. The molecule has 20 heavy (non-hydrogen) atoms. The highest BCUT2D eigenvalue weighted by atomic mass is 16.2. The van der Waals surface area contributed by atoms with Crippen molar-refractivity contribution >= 4 is 11.8 Å². The van der Waals surface area contributed by atoms with Crippen LogP contribution in [0.25, 0.3) is 0 Å². The molecular formula is C14H25N5O. The lowest BCUT2D eigenvalue weighted by Crippen LogP contribution is -2.43. The number of anilines is 1. The SMILES string of the molecule is CC[C@@H](CNC(=O)Nc1cc(C)nn1C)N1CCCC1. The molecule has 1 aliphatic rings. The van der Waals surface area contributed by atoms with Crippen LogP contribution in [0.2, 0.25) is 0 Å². The van der Waals surface area contributed by atoms with E-state index in [1.54, 1.807) is 4.68 Å². The Morgan fingerprint density at radius 2 is 2.15 bits per heavy atom. The topological polar surface area (TPSA) is 62.2 Å². The van der Waals surface area contributed by atoms with E-state index in [1.807, 2.05) is 20.0 Å². The number of aryl methyl sites for hydroxylation is 2. The van der Waals surface area contributed by atoms with Gasteiger partial charge in [0.2, 0.25) is 0 Å². The number of urea groups is 1. The van der Waals surface area contributed by atoms with Crippen molar-refractivity contribution in [2.75, 3.05) is 25.0 Å². The lowest BCUT2D eigenvalue weighted by Gasteiger charge is -2.26. The predicted molar refractivity (Wildman–Crippen MR) is 79.9 cm³/mol. The van der Waals surface area contributed by atoms with Gasteiger partial charge in [-0.15, -0.1) is 0 Å². The van der Waals surface area contributed by atoms with Gasteiger partial charge in [-0.25, -0.2) is 4.79 Å². The van der Waals surface area contributed by atoms with Crippen LogP contribution in [0.1, 0.15) is 31.9 Å². The molecule has 0 unspecified atom stereocenters. The largest absolute Gasteiger partial charge is 0.336 e. The lowest BCUT2D eigenvalue weighted by molar-refractivity contribution is 0.222. The van der Waals surface area contributed by atoms with Crippen LogP contribution < -0.4 is 10.6 Å². The van der Waals surface area contributed by atoms with E-state index in [2.05, 4.69) is 27.6 Å². The van der Waals surface area contributed by atoms with Crippen molar-refractivity contribution in [1.82, 2.24) is 20.0 Å². The van der Waals surface area contributed by atoms with Crippen LogP contribution in [0.3, 0.4) is 0 Å². The van der Waals surface area contributed by atoms with Gasteiger partial charge >= 0.3 is 6.03 Å². The number of nitrogens with zero attached hydrogens (tertiary/aromatic N) is 3. The molecule has 2 amide bonds. The second-order valence-electron chi connectivity index (χ2n) is 5.43. The van der Waals surface area contributed by atoms with Gasteiger partial charge in [-0.2, -0.15) is 5.10 Å². The summed E-state index contributed by atoms with van der Waals surface area (Å²) in [7, 11) is 1.82. The Kier molecular flexibility index (Phi) is 5.00. The van der Waals surface area contributed by atoms with Gasteiger partial charge in [0.25, 0.3) is 0 Å². The number of nitrogens with one attached hydrogen (secondary N) is 2. The molecule has 0 radical (unpaired) electrons. The Morgan fingerprint density at radius 1 is 1.45 bits per heavy atom. The van der Waals surface area contributed by atoms with E-state index < -0.39 is 0 Å². The molecule has 6 heteroatoms. The quantitative estimate of drug-likeness (QED) is 0.863. The fraction of sp³-hybridized carbons (Fsp3) is 0.714. The Bertz CT molecular complexity index is 450. The number of carbonyl (C=O) groups is 1. The molecule has 1 fully saturated rings. The maximum absolute atomic E-state index is 11.9. The van der Waals surface area contributed by atoms with Crippen LogP contribution in [0, 0.1) is 6.92 Å². The van der Waals surface area contributed by atoms with Crippen LogP contribution in [0.5, 0.6) is 0 Å². The average Bonchev–Trinajstić information content (AvgIpc) is 3.01. The highest BCUT2D eigenvalue weighted by Crippen LogP contribution is 2.13. The number of hydrogen-bond acceptors (Lipinski definition) is 3. The summed E-state index contributed by atoms with van der Waals surface area (Å²) in [6.07, 6.45) is 3.61. The first-order valence-corrected chi connectivity index (χ1v) is 7.39. The third kappa shape index (κ3) is 3.72. The van der Waals surface area contributed by atoms with E-state index in [4.69, 9.17) is 0 Å². The summed E-state index contributed by atoms with van der Waals surface area (Å²) >= 11 is 0. The number of carbonyl (C=O) groups excluding carboxylic acids is 1. The number of amides is 2. The zero-order valence-electron chi connectivity index (χ0n) is 12.6. The fourth-order valence-electron chi connectivity index (χ4n) is 2.74. The molecule has 0 spiro atoms. The lowest BCUT2D eigenvalue weighted by atomic mass is 10.2. The number of rotatable bonds is 5. The minimum Gasteiger partial charge on any atom is -0.336 e. The highest BCUT2D eigenvalue weighted by molar-refractivity contribution is 5.88. The van der Waals surface area contributed by atoms with E-state index >= 15 is 0 Å². The van der Waals surface area contributed by atoms with Crippen molar-refractivity contribution in [2.24, 2.45) is 7.05 Å². The van der Waals surface area contributed by atoms with Gasteiger partial charge < -0.3 is 5.32 Å². The third-order valence-electron chi connectivity index (χ3n) is 3.87. The molecule has 0 saturated carbocycles. The second-order valence-corrected chi connectivity index (χ2v) is 5.43. The predicted octanol–water partition coefficient (Wildman–Crippen LogP) is 1.72. The molecule has 1 atom stereocenters. The minimum atomic E-state index is -0.161. The monoisotopic (exact) mass is 279 g/mol. The van der Waals surface area contributed by atoms with Crippen LogP contribution in [0.15, 0.2) is 6.07 Å². The second kappa shape index (κ2) is 6.74. The summed E-state index contributed by atoms with van der Waals surface area (Å²) in [6, 6.07) is 2.14. The summed E-state index contributed by atoms with van der Waals surface area (Å²) in [6.45, 7) is 7.08. The van der Waals surface area contributed by atoms with E-state index in [9.17, 15) is 4.79 Å². The molecule has 2 N–H and O–H groups in total. The van der Waals surface area contributed by atoms with Crippen LogP contribution in [-0.2, 0) is 7.05 Å². The van der Waals surface area contributed by atoms with Gasteiger partial charge in [-0.3, -0.25) is 14.9 Å². The molecule has 6 nitrogen and oxygen atoms in total. The maximum atomic E-state index is 11.9. The van der Waals surface area contributed by atoms with E-state index in [1.165, 1.54) is 12.8 Å². The number of aromatic nitrogens is 2. The van der Waals surface area contributed by atoms with Gasteiger partial charge in [0.15, 0.2) is 0 Å². The molecule has 1 saturated heterocycles. The van der Waals surface area contributed by atoms with Gasteiger partial charge in [0, 0.05) is 25.7 Å². The summed E-state index contributed by atoms with van der Waals surface area (Å²) in [5.74, 6) is 0.717. The Labute approximate surface area is 120 Å². The fourth-order valence-corrected chi connectivity index (χ4v) is 2.74. The number of likely N-dealkylation sites (tertiary alicyclic amines) is 1. The summed E-state index contributed by atoms with van der Waals surface area (Å²) < 4.78 is 1.67. The molecule has 1 aromatic rings. The van der Waals surface area contributed by atoms with Crippen molar-refractivity contribution in [3.63, 3.8) is 0 Å². The van der Waals surface area contributed by atoms with Gasteiger partial charge in [0.05, 0.1) is 5.69 Å². The molecule has 112 valence electrons. The average molecular weight is 279 g/mol.